The first-order valence-corrected chi connectivity index (χ1v) is 8.97. The molecule has 0 radical (unpaired) electrons. The third-order valence-corrected chi connectivity index (χ3v) is 4.59. The molecule has 2 aromatic carbocycles. The van der Waals surface area contributed by atoms with Gasteiger partial charge in [0.1, 0.15) is 0 Å². The van der Waals surface area contributed by atoms with Crippen LogP contribution in [-0.2, 0) is 20.7 Å². The van der Waals surface area contributed by atoms with Crippen molar-refractivity contribution in [1.29, 1.82) is 0 Å². The van der Waals surface area contributed by atoms with Crippen molar-refractivity contribution >= 4 is 35.1 Å². The monoisotopic (exact) mass is 396 g/mol. The lowest BCUT2D eigenvalue weighted by atomic mass is 10.0. The van der Waals surface area contributed by atoms with Gasteiger partial charge in [0.15, 0.2) is 0 Å². The second-order valence-electron chi connectivity index (χ2n) is 6.47. The van der Waals surface area contributed by atoms with Crippen LogP contribution in [0.5, 0.6) is 0 Å². The summed E-state index contributed by atoms with van der Waals surface area (Å²) >= 11 is 0. The van der Waals surface area contributed by atoms with Gasteiger partial charge in [0.25, 0.3) is 5.91 Å². The molecule has 29 heavy (non-hydrogen) atoms. The average Bonchev–Trinajstić information content (AvgIpc) is 2.92. The minimum atomic E-state index is -0.652. The van der Waals surface area contributed by atoms with Gasteiger partial charge in [-0.1, -0.05) is 0 Å². The zero-order chi connectivity index (χ0) is 21.0. The molecule has 0 aromatic heterocycles. The molecule has 0 saturated heterocycles. The zero-order valence-corrected chi connectivity index (χ0v) is 16.0. The van der Waals surface area contributed by atoms with Crippen molar-refractivity contribution in [2.75, 3.05) is 24.9 Å². The van der Waals surface area contributed by atoms with Crippen LogP contribution in [0.4, 0.5) is 11.4 Å². The van der Waals surface area contributed by atoms with Crippen molar-refractivity contribution in [2.24, 2.45) is 0 Å². The summed E-state index contributed by atoms with van der Waals surface area (Å²) < 4.78 is 9.43. The van der Waals surface area contributed by atoms with Crippen LogP contribution in [0, 0.1) is 0 Å². The molecule has 0 spiro atoms. The summed E-state index contributed by atoms with van der Waals surface area (Å²) in [7, 11) is 2.46. The van der Waals surface area contributed by atoms with E-state index < -0.39 is 17.8 Å². The van der Waals surface area contributed by atoms with Gasteiger partial charge in [-0.15, -0.1) is 0 Å². The van der Waals surface area contributed by atoms with Gasteiger partial charge in [-0.3, -0.25) is 9.59 Å². The van der Waals surface area contributed by atoms with E-state index in [1.54, 1.807) is 18.2 Å². The van der Waals surface area contributed by atoms with E-state index in [-0.39, 0.29) is 22.7 Å². The van der Waals surface area contributed by atoms with E-state index in [0.717, 1.165) is 5.56 Å². The molecule has 3 rings (SSSR count). The maximum atomic E-state index is 12.8. The van der Waals surface area contributed by atoms with Crippen LogP contribution in [0.1, 0.15) is 49.5 Å². The Kier molecular flexibility index (Phi) is 5.92. The summed E-state index contributed by atoms with van der Waals surface area (Å²) in [5.41, 5.74) is 2.33. The Hall–Kier alpha value is -3.68. The quantitative estimate of drug-likeness (QED) is 0.769. The maximum absolute atomic E-state index is 12.8. The molecule has 2 aromatic rings. The van der Waals surface area contributed by atoms with E-state index >= 15 is 0 Å². The van der Waals surface area contributed by atoms with Crippen molar-refractivity contribution in [3.05, 3.63) is 58.7 Å². The highest BCUT2D eigenvalue weighted by atomic mass is 16.5. The van der Waals surface area contributed by atoms with Crippen LogP contribution in [0.25, 0.3) is 0 Å². The zero-order valence-electron chi connectivity index (χ0n) is 16.0. The molecule has 0 atom stereocenters. The minimum absolute atomic E-state index is 0.0525. The van der Waals surface area contributed by atoms with Crippen LogP contribution in [-0.4, -0.2) is 38.0 Å². The van der Waals surface area contributed by atoms with E-state index in [4.69, 9.17) is 4.74 Å². The number of benzene rings is 2. The number of anilines is 2. The number of fused-ring (bicyclic) bond motifs is 1. The summed E-state index contributed by atoms with van der Waals surface area (Å²) in [5, 5.41) is 5.47. The SMILES string of the molecule is COC(=O)c1ccc(C(=O)OC)c(NC(=O)c2ccc3c(c2)CCCC(=O)N3)c1. The Bertz CT molecular complexity index is 999. The molecule has 0 unspecified atom stereocenters. The number of amides is 2. The van der Waals surface area contributed by atoms with Gasteiger partial charge >= 0.3 is 11.9 Å². The summed E-state index contributed by atoms with van der Waals surface area (Å²) in [6.07, 6.45) is 1.79. The molecule has 0 fully saturated rings. The summed E-state index contributed by atoms with van der Waals surface area (Å²) in [6.45, 7) is 0. The van der Waals surface area contributed by atoms with Crippen LogP contribution in [0.2, 0.25) is 0 Å². The fraction of sp³-hybridized carbons (Fsp3) is 0.238. The summed E-state index contributed by atoms with van der Waals surface area (Å²) in [5.74, 6) is -1.77. The number of ether oxygens (including phenoxy) is 2. The number of methoxy groups -OCH3 is 2. The Balaban J connectivity index is 1.91. The second-order valence-corrected chi connectivity index (χ2v) is 6.47. The molecule has 2 N–H and O–H groups in total. The molecule has 0 aliphatic carbocycles. The van der Waals surface area contributed by atoms with Crippen molar-refractivity contribution in [3.8, 4) is 0 Å². The molecule has 1 aliphatic rings. The lowest BCUT2D eigenvalue weighted by molar-refractivity contribution is -0.116. The van der Waals surface area contributed by atoms with E-state index in [2.05, 4.69) is 15.4 Å². The molecular weight excluding hydrogens is 376 g/mol. The molecule has 0 bridgehead atoms. The van der Waals surface area contributed by atoms with E-state index in [1.807, 2.05) is 0 Å². The first-order valence-electron chi connectivity index (χ1n) is 8.97. The van der Waals surface area contributed by atoms with Crippen molar-refractivity contribution < 1.29 is 28.7 Å². The second kappa shape index (κ2) is 8.55. The van der Waals surface area contributed by atoms with Gasteiger partial charge < -0.3 is 20.1 Å². The highest BCUT2D eigenvalue weighted by Crippen LogP contribution is 2.25. The van der Waals surface area contributed by atoms with Gasteiger partial charge in [-0.05, 0) is 54.8 Å². The lowest BCUT2D eigenvalue weighted by Gasteiger charge is -2.13. The summed E-state index contributed by atoms with van der Waals surface area (Å²) in [4.78, 5) is 48.3. The molecular formula is C21H20N2O6. The normalized spacial score (nSPS) is 12.8. The minimum Gasteiger partial charge on any atom is -0.465 e. The number of rotatable bonds is 4. The Morgan fingerprint density at radius 1 is 0.931 bits per heavy atom. The molecule has 8 nitrogen and oxygen atoms in total. The molecule has 8 heteroatoms. The first-order chi connectivity index (χ1) is 13.9. The summed E-state index contributed by atoms with van der Waals surface area (Å²) in [6, 6.07) is 9.14. The van der Waals surface area contributed by atoms with Crippen molar-refractivity contribution in [3.63, 3.8) is 0 Å². The largest absolute Gasteiger partial charge is 0.465 e. The highest BCUT2D eigenvalue weighted by Gasteiger charge is 2.19. The van der Waals surface area contributed by atoms with Crippen LogP contribution < -0.4 is 10.6 Å². The Morgan fingerprint density at radius 2 is 1.66 bits per heavy atom. The van der Waals surface area contributed by atoms with Crippen LogP contribution in [0.15, 0.2) is 36.4 Å². The highest BCUT2D eigenvalue weighted by molar-refractivity contribution is 6.09. The first kappa shape index (κ1) is 20.1. The number of nitrogens with one attached hydrogen (secondary N) is 2. The number of aryl methyl sites for hydroxylation is 1. The van der Waals surface area contributed by atoms with Gasteiger partial charge in [-0.2, -0.15) is 0 Å². The average molecular weight is 396 g/mol. The molecule has 2 amide bonds. The molecule has 1 aliphatic heterocycles. The van der Waals surface area contributed by atoms with Gasteiger partial charge in [0, 0.05) is 17.7 Å². The number of carbonyl (C=O) groups is 4. The van der Waals surface area contributed by atoms with Gasteiger partial charge in [0.05, 0.1) is 31.0 Å². The van der Waals surface area contributed by atoms with Crippen LogP contribution >= 0.6 is 0 Å². The lowest BCUT2D eigenvalue weighted by Crippen LogP contribution is -2.17. The topological polar surface area (TPSA) is 111 Å². The predicted octanol–water partition coefficient (Wildman–Crippen LogP) is 2.79. The van der Waals surface area contributed by atoms with Gasteiger partial charge in [0.2, 0.25) is 5.91 Å². The standard InChI is InChI=1S/C21H20N2O6/c1-28-20(26)14-6-8-15(21(27)29-2)17(11-14)23-19(25)13-7-9-16-12(10-13)4-3-5-18(24)22-16/h6-11H,3-5H2,1-2H3,(H,22,24)(H,23,25). The van der Waals surface area contributed by atoms with Crippen LogP contribution in [0.3, 0.4) is 0 Å². The maximum Gasteiger partial charge on any atom is 0.339 e. The number of hydrogen-bond acceptors (Lipinski definition) is 6. The third kappa shape index (κ3) is 4.43. The smallest absolute Gasteiger partial charge is 0.339 e. The fourth-order valence-corrected chi connectivity index (χ4v) is 3.09. The van der Waals surface area contributed by atoms with Crippen molar-refractivity contribution in [1.82, 2.24) is 0 Å². The number of esters is 2. The van der Waals surface area contributed by atoms with E-state index in [1.165, 1.54) is 32.4 Å². The predicted molar refractivity (Wildman–Crippen MR) is 105 cm³/mol. The van der Waals surface area contributed by atoms with E-state index in [0.29, 0.717) is 30.5 Å². The molecule has 150 valence electrons. The molecule has 0 saturated carbocycles. The number of hydrogen-bond donors (Lipinski definition) is 2. The number of carbonyl (C=O) groups excluding carboxylic acids is 4. The van der Waals surface area contributed by atoms with Crippen molar-refractivity contribution in [2.45, 2.75) is 19.3 Å². The molecule has 1 heterocycles. The Morgan fingerprint density at radius 3 is 2.38 bits per heavy atom. The Labute approximate surface area is 167 Å². The van der Waals surface area contributed by atoms with Gasteiger partial charge in [-0.25, -0.2) is 9.59 Å². The third-order valence-electron chi connectivity index (χ3n) is 4.59. The van der Waals surface area contributed by atoms with E-state index in [9.17, 15) is 19.2 Å². The fourth-order valence-electron chi connectivity index (χ4n) is 3.09.